The largest absolute Gasteiger partial charge is 0.497 e. The molecular weight excluding hydrogens is 346 g/mol. The van der Waals surface area contributed by atoms with E-state index in [1.54, 1.807) is 14.2 Å². The van der Waals surface area contributed by atoms with Crippen LogP contribution in [-0.2, 0) is 0 Å². The molecule has 4 rings (SSSR count). The summed E-state index contributed by atoms with van der Waals surface area (Å²) in [5.41, 5.74) is 5.12. The van der Waals surface area contributed by atoms with Gasteiger partial charge in [0.05, 0.1) is 25.6 Å². The third kappa shape index (κ3) is 2.85. The molecule has 3 nitrogen and oxygen atoms in total. The van der Waals surface area contributed by atoms with Gasteiger partial charge in [0.1, 0.15) is 11.5 Å². The first kappa shape index (κ1) is 18.8. The zero-order chi connectivity index (χ0) is 19.9. The number of allylic oxidation sites excluding steroid dienone is 1. The fraction of sp³-hybridized carbons (Fsp3) is 0.400. The van der Waals surface area contributed by atoms with Crippen LogP contribution in [0.1, 0.15) is 39.2 Å². The van der Waals surface area contributed by atoms with E-state index < -0.39 is 0 Å². The highest BCUT2D eigenvalue weighted by Crippen LogP contribution is 2.66. The number of hydrogen-bond acceptors (Lipinski definition) is 3. The molecule has 0 saturated heterocycles. The number of rotatable bonds is 4. The van der Waals surface area contributed by atoms with Crippen molar-refractivity contribution in [2.24, 2.45) is 21.7 Å². The van der Waals surface area contributed by atoms with Crippen LogP contribution < -0.4 is 9.47 Å². The number of methoxy groups -OCH3 is 2. The van der Waals surface area contributed by atoms with Crippen LogP contribution >= 0.6 is 0 Å². The van der Waals surface area contributed by atoms with Crippen LogP contribution in [0.5, 0.6) is 11.5 Å². The molecule has 2 atom stereocenters. The van der Waals surface area contributed by atoms with Crippen molar-refractivity contribution in [3.63, 3.8) is 0 Å². The van der Waals surface area contributed by atoms with Gasteiger partial charge in [0.25, 0.3) is 0 Å². The van der Waals surface area contributed by atoms with Gasteiger partial charge in [-0.05, 0) is 77.8 Å². The molecule has 2 aromatic carbocycles. The van der Waals surface area contributed by atoms with Crippen LogP contribution in [0.15, 0.2) is 59.1 Å². The van der Waals surface area contributed by atoms with Crippen molar-refractivity contribution in [3.8, 4) is 11.5 Å². The molecule has 2 aliphatic carbocycles. The third-order valence-electron chi connectivity index (χ3n) is 7.15. The summed E-state index contributed by atoms with van der Waals surface area (Å²) in [6.07, 6.45) is 4.76. The molecule has 2 aliphatic rings. The lowest BCUT2D eigenvalue weighted by atomic mass is 9.70. The van der Waals surface area contributed by atoms with Crippen LogP contribution in [0.4, 0.5) is 5.69 Å². The number of nitrogens with zero attached hydrogens (tertiary/aromatic N) is 1. The predicted molar refractivity (Wildman–Crippen MR) is 116 cm³/mol. The quantitative estimate of drug-likeness (QED) is 0.626. The SMILES string of the molecule is COc1ccc(/C=C2/C(=Nc3ccc(OC)cc3)[C@]3(C)CC[C@H]2C3(C)C)cc1. The molecule has 0 aliphatic heterocycles. The molecule has 2 aromatic rings. The van der Waals surface area contributed by atoms with Gasteiger partial charge >= 0.3 is 0 Å². The Hall–Kier alpha value is -2.55. The molecule has 0 radical (unpaired) electrons. The molecule has 2 fully saturated rings. The molecule has 0 aromatic heterocycles. The van der Waals surface area contributed by atoms with E-state index in [4.69, 9.17) is 14.5 Å². The van der Waals surface area contributed by atoms with E-state index in [9.17, 15) is 0 Å². The molecule has 0 unspecified atom stereocenters. The zero-order valence-electron chi connectivity index (χ0n) is 17.5. The Morgan fingerprint density at radius 3 is 2.04 bits per heavy atom. The van der Waals surface area contributed by atoms with Gasteiger partial charge in [-0.2, -0.15) is 0 Å². The van der Waals surface area contributed by atoms with Gasteiger partial charge in [0, 0.05) is 5.41 Å². The highest BCUT2D eigenvalue weighted by Gasteiger charge is 2.62. The molecule has 28 heavy (non-hydrogen) atoms. The van der Waals surface area contributed by atoms with Crippen molar-refractivity contribution < 1.29 is 9.47 Å². The lowest BCUT2D eigenvalue weighted by molar-refractivity contribution is 0.203. The Bertz CT molecular complexity index is 922. The summed E-state index contributed by atoms with van der Waals surface area (Å²) in [5.74, 6) is 2.28. The molecule has 2 saturated carbocycles. The topological polar surface area (TPSA) is 30.8 Å². The van der Waals surface area contributed by atoms with Crippen LogP contribution in [0.3, 0.4) is 0 Å². The average Bonchev–Trinajstić information content (AvgIpc) is 3.02. The van der Waals surface area contributed by atoms with E-state index in [1.165, 1.54) is 29.7 Å². The molecule has 0 N–H and O–H groups in total. The summed E-state index contributed by atoms with van der Waals surface area (Å²) >= 11 is 0. The standard InChI is InChI=1S/C25H29NO2/c1-24(2)22-14-15-25(24,3)23(26-18-8-12-20(28-5)13-9-18)21(22)16-17-6-10-19(27-4)11-7-17/h6-13,16,22H,14-15H2,1-5H3/b21-16+,26-23?/t22-,25+/m1/s1. The number of benzene rings is 2. The fourth-order valence-electron chi connectivity index (χ4n) is 4.97. The Morgan fingerprint density at radius 2 is 1.46 bits per heavy atom. The van der Waals surface area contributed by atoms with Crippen molar-refractivity contribution in [1.29, 1.82) is 0 Å². The maximum atomic E-state index is 5.30. The predicted octanol–water partition coefficient (Wildman–Crippen LogP) is 6.32. The number of hydrogen-bond donors (Lipinski definition) is 0. The Morgan fingerprint density at radius 1 is 0.893 bits per heavy atom. The lowest BCUT2D eigenvalue weighted by Crippen LogP contribution is -2.32. The summed E-state index contributed by atoms with van der Waals surface area (Å²) in [6, 6.07) is 16.3. The number of fused-ring (bicyclic) bond motifs is 2. The van der Waals surface area contributed by atoms with E-state index in [-0.39, 0.29) is 10.8 Å². The first-order valence-electron chi connectivity index (χ1n) is 9.98. The highest BCUT2D eigenvalue weighted by atomic mass is 16.5. The Labute approximate surface area is 168 Å². The van der Waals surface area contributed by atoms with Gasteiger partial charge in [-0.1, -0.05) is 32.9 Å². The minimum absolute atomic E-state index is 0.0932. The summed E-state index contributed by atoms with van der Waals surface area (Å²) in [4.78, 5) is 5.16. The third-order valence-corrected chi connectivity index (χ3v) is 7.15. The van der Waals surface area contributed by atoms with Gasteiger partial charge in [0.15, 0.2) is 0 Å². The van der Waals surface area contributed by atoms with Crippen molar-refractivity contribution in [3.05, 3.63) is 59.7 Å². The second-order valence-corrected chi connectivity index (χ2v) is 8.68. The highest BCUT2D eigenvalue weighted by molar-refractivity contribution is 6.12. The van der Waals surface area contributed by atoms with Gasteiger partial charge in [-0.15, -0.1) is 0 Å². The molecule has 0 spiro atoms. The van der Waals surface area contributed by atoms with Crippen LogP contribution in [-0.4, -0.2) is 19.9 Å². The van der Waals surface area contributed by atoms with Crippen molar-refractivity contribution in [2.45, 2.75) is 33.6 Å². The normalized spacial score (nSPS) is 28.1. The summed E-state index contributed by atoms with van der Waals surface area (Å²) < 4.78 is 10.6. The number of aliphatic imine (C=N–C) groups is 1. The monoisotopic (exact) mass is 375 g/mol. The number of ether oxygens (including phenoxy) is 2. The molecule has 3 heteroatoms. The first-order valence-corrected chi connectivity index (χ1v) is 9.98. The van der Waals surface area contributed by atoms with E-state index >= 15 is 0 Å². The second-order valence-electron chi connectivity index (χ2n) is 8.68. The molecule has 0 heterocycles. The van der Waals surface area contributed by atoms with Crippen molar-refractivity contribution in [2.75, 3.05) is 14.2 Å². The summed E-state index contributed by atoms with van der Waals surface area (Å²) in [6.45, 7) is 7.20. The Balaban J connectivity index is 1.80. The summed E-state index contributed by atoms with van der Waals surface area (Å²) in [5, 5.41) is 0. The average molecular weight is 376 g/mol. The van der Waals surface area contributed by atoms with Gasteiger partial charge in [-0.25, -0.2) is 0 Å². The van der Waals surface area contributed by atoms with E-state index in [1.807, 2.05) is 36.4 Å². The maximum Gasteiger partial charge on any atom is 0.119 e. The minimum atomic E-state index is 0.0932. The molecule has 0 amide bonds. The fourth-order valence-corrected chi connectivity index (χ4v) is 4.97. The molecule has 2 bridgehead atoms. The van der Waals surface area contributed by atoms with Crippen LogP contribution in [0, 0.1) is 16.7 Å². The van der Waals surface area contributed by atoms with Gasteiger partial charge in [0.2, 0.25) is 0 Å². The van der Waals surface area contributed by atoms with Crippen LogP contribution in [0.2, 0.25) is 0 Å². The molecule has 146 valence electrons. The van der Waals surface area contributed by atoms with Crippen LogP contribution in [0.25, 0.3) is 6.08 Å². The molecular formula is C25H29NO2. The van der Waals surface area contributed by atoms with E-state index in [0.29, 0.717) is 5.92 Å². The van der Waals surface area contributed by atoms with E-state index in [0.717, 1.165) is 17.2 Å². The van der Waals surface area contributed by atoms with Crippen molar-refractivity contribution in [1.82, 2.24) is 0 Å². The zero-order valence-corrected chi connectivity index (χ0v) is 17.5. The first-order chi connectivity index (χ1) is 13.4. The minimum Gasteiger partial charge on any atom is -0.497 e. The Kier molecular flexibility index (Phi) is 4.57. The second kappa shape index (κ2) is 6.80. The van der Waals surface area contributed by atoms with Crippen molar-refractivity contribution >= 4 is 17.5 Å². The maximum absolute atomic E-state index is 5.30. The van der Waals surface area contributed by atoms with Gasteiger partial charge in [-0.3, -0.25) is 4.99 Å². The summed E-state index contributed by atoms with van der Waals surface area (Å²) in [7, 11) is 3.39. The van der Waals surface area contributed by atoms with E-state index in [2.05, 4.69) is 39.0 Å². The van der Waals surface area contributed by atoms with Gasteiger partial charge < -0.3 is 9.47 Å². The lowest BCUT2D eigenvalue weighted by Gasteiger charge is -2.34. The smallest absolute Gasteiger partial charge is 0.119 e.